The van der Waals surface area contributed by atoms with Gasteiger partial charge in [0.15, 0.2) is 11.5 Å². The Balaban J connectivity index is 0.00000218. The van der Waals surface area contributed by atoms with Crippen LogP contribution in [0.5, 0.6) is 11.5 Å². The Kier molecular flexibility index (Phi) is 4.21. The summed E-state index contributed by atoms with van der Waals surface area (Å²) < 4.78 is 10.8. The maximum absolute atomic E-state index is 13.1. The molecule has 0 saturated heterocycles. The normalized spacial score (nSPS) is 15.8. The highest BCUT2D eigenvalue weighted by molar-refractivity contribution is 6.30. The molecule has 1 N–H and O–H groups in total. The molecule has 1 saturated carbocycles. The van der Waals surface area contributed by atoms with Crippen molar-refractivity contribution in [3.63, 3.8) is 0 Å². The molecule has 5 rings (SSSR count). The Morgan fingerprint density at radius 2 is 1.93 bits per heavy atom. The van der Waals surface area contributed by atoms with Crippen molar-refractivity contribution in [2.75, 3.05) is 12.1 Å². The predicted octanol–water partition coefficient (Wildman–Crippen LogP) is 5.36. The molecule has 1 fully saturated rings. The van der Waals surface area contributed by atoms with Gasteiger partial charge in [0.25, 0.3) is 0 Å². The second-order valence-electron chi connectivity index (χ2n) is 7.47. The van der Waals surface area contributed by atoms with Crippen LogP contribution in [0.25, 0.3) is 11.3 Å². The Morgan fingerprint density at radius 3 is 2.72 bits per heavy atom. The summed E-state index contributed by atoms with van der Waals surface area (Å²) in [6, 6.07) is 17.0. The summed E-state index contributed by atoms with van der Waals surface area (Å²) in [4.78, 5) is 17.8. The number of hydrogen-bond acceptors (Lipinski definition) is 4. The molecule has 0 atom stereocenters. The van der Waals surface area contributed by atoms with E-state index in [1.165, 1.54) is 0 Å². The highest BCUT2D eigenvalue weighted by atomic mass is 35.5. The molecular weight excluding hydrogens is 388 g/mol. The number of aryl methyl sites for hydroxylation is 1. The fourth-order valence-electron chi connectivity index (χ4n) is 3.77. The van der Waals surface area contributed by atoms with Crippen LogP contribution in [0.4, 0.5) is 5.82 Å². The molecule has 0 bridgehead atoms. The van der Waals surface area contributed by atoms with Gasteiger partial charge in [0.2, 0.25) is 12.7 Å². The van der Waals surface area contributed by atoms with Crippen molar-refractivity contribution in [3.05, 3.63) is 70.7 Å². The van der Waals surface area contributed by atoms with Crippen molar-refractivity contribution in [1.82, 2.24) is 4.98 Å². The summed E-state index contributed by atoms with van der Waals surface area (Å²) in [5.41, 5.74) is 3.23. The van der Waals surface area contributed by atoms with E-state index < -0.39 is 5.41 Å². The Labute approximate surface area is 175 Å². The van der Waals surface area contributed by atoms with Crippen LogP contribution in [0.15, 0.2) is 54.6 Å². The Bertz CT molecular complexity index is 1130. The molecule has 0 unspecified atom stereocenters. The number of nitrogens with one attached hydrogen (secondary N) is 1. The molecule has 0 spiro atoms. The number of hydrogen-bond donors (Lipinski definition) is 1. The minimum absolute atomic E-state index is 0. The van der Waals surface area contributed by atoms with Crippen LogP contribution in [0.3, 0.4) is 0 Å². The maximum atomic E-state index is 13.1. The lowest BCUT2D eigenvalue weighted by Crippen LogP contribution is -2.28. The number of nitrogens with zero attached hydrogens (tertiary/aromatic N) is 1. The van der Waals surface area contributed by atoms with E-state index in [-0.39, 0.29) is 14.1 Å². The first-order chi connectivity index (χ1) is 14.0. The number of carbonyl (C=O) groups is 1. The third-order valence-electron chi connectivity index (χ3n) is 5.56. The summed E-state index contributed by atoms with van der Waals surface area (Å²) in [5, 5.41) is 3.69. The van der Waals surface area contributed by atoms with E-state index in [1.54, 1.807) is 0 Å². The molecule has 0 radical (unpaired) electrons. The first kappa shape index (κ1) is 18.0. The second kappa shape index (κ2) is 6.78. The van der Waals surface area contributed by atoms with Crippen molar-refractivity contribution in [1.29, 1.82) is 0 Å². The molecule has 1 aromatic heterocycles. The number of rotatable bonds is 4. The number of amides is 1. The van der Waals surface area contributed by atoms with E-state index in [0.29, 0.717) is 16.6 Å². The van der Waals surface area contributed by atoms with Gasteiger partial charge in [0.1, 0.15) is 5.82 Å². The van der Waals surface area contributed by atoms with Crippen molar-refractivity contribution < 1.29 is 15.7 Å². The average molecular weight is 409 g/mol. The standard InChI is InChI=1S/C23H19ClN2O3.H2/c1-14-11-16(24)6-7-17(14)18-3-2-4-21(25-18)26-22(27)23(9-10-23)15-5-8-19-20(12-15)29-13-28-19;/h2-8,11-12H,9-10,13H2,1H3,(H,25,26,27);1H. The number of halogens is 1. The van der Waals surface area contributed by atoms with Gasteiger partial charge >= 0.3 is 0 Å². The minimum Gasteiger partial charge on any atom is -0.454 e. The highest BCUT2D eigenvalue weighted by Gasteiger charge is 2.51. The van der Waals surface area contributed by atoms with Gasteiger partial charge in [-0.2, -0.15) is 0 Å². The van der Waals surface area contributed by atoms with Crippen LogP contribution < -0.4 is 14.8 Å². The molecule has 6 heteroatoms. The van der Waals surface area contributed by atoms with Gasteiger partial charge in [-0.15, -0.1) is 0 Å². The molecule has 5 nitrogen and oxygen atoms in total. The summed E-state index contributed by atoms with van der Waals surface area (Å²) >= 11 is 6.06. The van der Waals surface area contributed by atoms with Gasteiger partial charge in [-0.3, -0.25) is 4.79 Å². The fourth-order valence-corrected chi connectivity index (χ4v) is 4.00. The van der Waals surface area contributed by atoms with Crippen LogP contribution in [0.1, 0.15) is 25.4 Å². The zero-order valence-corrected chi connectivity index (χ0v) is 16.6. The van der Waals surface area contributed by atoms with Gasteiger partial charge in [0.05, 0.1) is 11.1 Å². The second-order valence-corrected chi connectivity index (χ2v) is 7.91. The van der Waals surface area contributed by atoms with Crippen molar-refractivity contribution in [2.24, 2.45) is 0 Å². The lowest BCUT2D eigenvalue weighted by atomic mass is 9.94. The van der Waals surface area contributed by atoms with E-state index in [9.17, 15) is 4.79 Å². The summed E-state index contributed by atoms with van der Waals surface area (Å²) in [7, 11) is 0. The number of fused-ring (bicyclic) bond motifs is 1. The summed E-state index contributed by atoms with van der Waals surface area (Å²) in [6.45, 7) is 2.21. The van der Waals surface area contributed by atoms with E-state index >= 15 is 0 Å². The Morgan fingerprint density at radius 1 is 1.10 bits per heavy atom. The van der Waals surface area contributed by atoms with E-state index in [2.05, 4.69) is 10.3 Å². The third-order valence-corrected chi connectivity index (χ3v) is 5.80. The zero-order chi connectivity index (χ0) is 20.0. The summed E-state index contributed by atoms with van der Waals surface area (Å²) in [5.74, 6) is 1.90. The molecular formula is C23H21ClN2O3. The first-order valence-electron chi connectivity index (χ1n) is 9.50. The molecule has 1 aliphatic heterocycles. The predicted molar refractivity (Wildman–Crippen MR) is 114 cm³/mol. The van der Waals surface area contributed by atoms with Gasteiger partial charge in [0, 0.05) is 12.0 Å². The maximum Gasteiger partial charge on any atom is 0.236 e. The number of pyridine rings is 1. The topological polar surface area (TPSA) is 60.5 Å². The monoisotopic (exact) mass is 408 g/mol. The van der Waals surface area contributed by atoms with Crippen LogP contribution in [-0.4, -0.2) is 17.7 Å². The van der Waals surface area contributed by atoms with Crippen LogP contribution >= 0.6 is 11.6 Å². The van der Waals surface area contributed by atoms with E-state index in [1.807, 2.05) is 61.5 Å². The first-order valence-corrected chi connectivity index (χ1v) is 9.88. The Hall–Kier alpha value is -3.05. The minimum atomic E-state index is -0.533. The lowest BCUT2D eigenvalue weighted by Gasteiger charge is -2.16. The lowest BCUT2D eigenvalue weighted by molar-refractivity contribution is -0.118. The number of ether oxygens (including phenoxy) is 2. The van der Waals surface area contributed by atoms with Gasteiger partial charge in [-0.1, -0.05) is 29.8 Å². The van der Waals surface area contributed by atoms with Gasteiger partial charge < -0.3 is 14.8 Å². The van der Waals surface area contributed by atoms with Crippen LogP contribution in [-0.2, 0) is 10.2 Å². The molecule has 29 heavy (non-hydrogen) atoms. The highest BCUT2D eigenvalue weighted by Crippen LogP contribution is 2.51. The third kappa shape index (κ3) is 3.21. The van der Waals surface area contributed by atoms with Crippen LogP contribution in [0, 0.1) is 6.92 Å². The molecule has 148 valence electrons. The largest absolute Gasteiger partial charge is 0.454 e. The number of benzene rings is 2. The number of carbonyl (C=O) groups excluding carboxylic acids is 1. The molecule has 2 aromatic carbocycles. The molecule has 2 heterocycles. The molecule has 3 aromatic rings. The van der Waals surface area contributed by atoms with E-state index in [0.717, 1.165) is 41.0 Å². The van der Waals surface area contributed by atoms with E-state index in [4.69, 9.17) is 21.1 Å². The van der Waals surface area contributed by atoms with Crippen molar-refractivity contribution >= 4 is 23.3 Å². The average Bonchev–Trinajstić information content (AvgIpc) is 3.39. The molecule has 2 aliphatic rings. The molecule has 1 amide bonds. The SMILES string of the molecule is Cc1cc(Cl)ccc1-c1cccc(NC(=O)C2(c3ccc4c(c3)OCO4)CC2)n1.[HH]. The summed E-state index contributed by atoms with van der Waals surface area (Å²) in [6.07, 6.45) is 1.60. The quantitative estimate of drug-likeness (QED) is 0.631. The molecule has 1 aliphatic carbocycles. The number of anilines is 1. The van der Waals surface area contributed by atoms with Gasteiger partial charge in [-0.05, 0) is 67.3 Å². The van der Waals surface area contributed by atoms with Crippen molar-refractivity contribution in [3.8, 4) is 22.8 Å². The zero-order valence-electron chi connectivity index (χ0n) is 15.9. The number of aromatic nitrogens is 1. The fraction of sp³-hybridized carbons (Fsp3) is 0.217. The van der Waals surface area contributed by atoms with Gasteiger partial charge in [-0.25, -0.2) is 4.98 Å². The smallest absolute Gasteiger partial charge is 0.236 e. The van der Waals surface area contributed by atoms with Crippen molar-refractivity contribution in [2.45, 2.75) is 25.2 Å². The van der Waals surface area contributed by atoms with Crippen LogP contribution in [0.2, 0.25) is 5.02 Å².